The number of carbonyl (C=O) groups is 4. The van der Waals surface area contributed by atoms with E-state index < -0.39 is 35.0 Å². The Balaban J connectivity index is 0.000000256. The molecule has 0 aromatic carbocycles. The minimum Gasteiger partial charge on any atom is -0.543 e. The monoisotopic (exact) mass is 645 g/mol. The Morgan fingerprint density at radius 1 is 0.978 bits per heavy atom. The summed E-state index contributed by atoms with van der Waals surface area (Å²) in [4.78, 5) is 53.7. The zero-order valence-corrected chi connectivity index (χ0v) is 27.9. The minimum atomic E-state index is -1.45. The van der Waals surface area contributed by atoms with E-state index in [4.69, 9.17) is 10.5 Å². The zero-order valence-electron chi connectivity index (χ0n) is 27.1. The van der Waals surface area contributed by atoms with E-state index in [9.17, 15) is 24.3 Å². The number of carboxylic acids is 1. The standard InChI is InChI=1S/C21H28N4O6S.C12H23N/c1-21(2,3)31-20(30)23-6-5-13(9-23)24-7-4-11(16(24)26)8-12-10-32-18-14(22)17(27)25(18)15(12)19(28)29;1-3-7-11(8-4-1)13-12-9-5-2-6-10-12/h8,13-14,18H,4-7,9-10,22H2,1-3H3,(H,28,29);11-13H,1-10H2/b11-8+;/t13-,14-,18-;/m1./s1. The summed E-state index contributed by atoms with van der Waals surface area (Å²) < 4.78 is 5.42. The number of carbonyl (C=O) groups excluding carboxylic acids is 4. The molecule has 0 bridgehead atoms. The maximum atomic E-state index is 13.1. The number of nitrogens with zero attached hydrogens (tertiary/aromatic N) is 3. The lowest BCUT2D eigenvalue weighted by Crippen LogP contribution is -2.95. The number of fused-ring (bicyclic) bond motifs is 1. The van der Waals surface area contributed by atoms with Crippen LogP contribution in [0.1, 0.15) is 97.8 Å². The molecule has 45 heavy (non-hydrogen) atoms. The van der Waals surface area contributed by atoms with Crippen molar-refractivity contribution in [2.75, 3.05) is 25.4 Å². The largest absolute Gasteiger partial charge is 0.543 e. The highest BCUT2D eigenvalue weighted by Crippen LogP contribution is 2.40. The average Bonchev–Trinajstić information content (AvgIpc) is 3.64. The Bertz CT molecular complexity index is 1190. The van der Waals surface area contributed by atoms with E-state index in [1.807, 2.05) is 20.8 Å². The lowest BCUT2D eigenvalue weighted by molar-refractivity contribution is -0.725. The van der Waals surface area contributed by atoms with Gasteiger partial charge in [-0.05, 0) is 96.6 Å². The Morgan fingerprint density at radius 2 is 1.60 bits per heavy atom. The van der Waals surface area contributed by atoms with Gasteiger partial charge in [0, 0.05) is 31.0 Å². The number of aliphatic carboxylic acids is 1. The number of hydrogen-bond donors (Lipinski definition) is 2. The van der Waals surface area contributed by atoms with E-state index in [1.54, 1.807) is 15.9 Å². The topological polar surface area (TPSA) is 153 Å². The normalized spacial score (nSPS) is 29.0. The molecule has 12 heteroatoms. The van der Waals surface area contributed by atoms with Crippen molar-refractivity contribution in [3.8, 4) is 0 Å². The molecule has 4 heterocycles. The number of nitrogens with two attached hydrogens (primary N) is 2. The Labute approximate surface area is 271 Å². The van der Waals surface area contributed by atoms with Crippen molar-refractivity contribution in [2.24, 2.45) is 5.73 Å². The van der Waals surface area contributed by atoms with E-state index in [0.29, 0.717) is 49.4 Å². The van der Waals surface area contributed by atoms with Crippen LogP contribution >= 0.6 is 11.8 Å². The van der Waals surface area contributed by atoms with Gasteiger partial charge in [-0.2, -0.15) is 0 Å². The minimum absolute atomic E-state index is 0.115. The molecule has 0 aromatic heterocycles. The van der Waals surface area contributed by atoms with Crippen LogP contribution in [-0.4, -0.2) is 99.1 Å². The van der Waals surface area contributed by atoms with Crippen LogP contribution in [0.2, 0.25) is 0 Å². The number of quaternary nitrogens is 1. The summed E-state index contributed by atoms with van der Waals surface area (Å²) >= 11 is 1.38. The summed E-state index contributed by atoms with van der Waals surface area (Å²) in [7, 11) is 0. The summed E-state index contributed by atoms with van der Waals surface area (Å²) in [5.41, 5.74) is 5.86. The van der Waals surface area contributed by atoms with Gasteiger partial charge in [-0.1, -0.05) is 12.8 Å². The molecular weight excluding hydrogens is 594 g/mol. The number of rotatable bonds is 5. The Hall–Kier alpha value is -2.57. The highest BCUT2D eigenvalue weighted by atomic mass is 32.2. The van der Waals surface area contributed by atoms with E-state index in [2.05, 4.69) is 5.32 Å². The predicted octanol–water partition coefficient (Wildman–Crippen LogP) is 1.62. The molecule has 0 spiro atoms. The molecule has 4 aliphatic heterocycles. The number of amides is 3. The van der Waals surface area contributed by atoms with E-state index >= 15 is 0 Å². The second-order valence-corrected chi connectivity index (χ2v) is 15.5. The van der Waals surface area contributed by atoms with Crippen molar-refractivity contribution >= 4 is 35.6 Å². The lowest BCUT2D eigenvalue weighted by Gasteiger charge is -2.49. The van der Waals surface area contributed by atoms with Crippen LogP contribution < -0.4 is 16.2 Å². The van der Waals surface area contributed by atoms with Gasteiger partial charge in [0.25, 0.3) is 0 Å². The number of hydrogen-bond acceptors (Lipinski definition) is 8. The second-order valence-electron chi connectivity index (χ2n) is 14.4. The summed E-state index contributed by atoms with van der Waals surface area (Å²) in [6.07, 6.45) is 17.3. The van der Waals surface area contributed by atoms with Crippen LogP contribution in [0.4, 0.5) is 4.79 Å². The summed E-state index contributed by atoms with van der Waals surface area (Å²) in [6.45, 7) is 6.83. The molecule has 250 valence electrons. The quantitative estimate of drug-likeness (QED) is 0.338. The van der Waals surface area contributed by atoms with Crippen LogP contribution in [0.5, 0.6) is 0 Å². The fourth-order valence-corrected chi connectivity index (χ4v) is 8.75. The maximum absolute atomic E-state index is 13.1. The second kappa shape index (κ2) is 14.5. The Kier molecular flexibility index (Phi) is 10.9. The summed E-state index contributed by atoms with van der Waals surface area (Å²) in [5.74, 6) is -1.75. The molecule has 11 nitrogen and oxygen atoms in total. The van der Waals surface area contributed by atoms with E-state index in [-0.39, 0.29) is 17.6 Å². The van der Waals surface area contributed by atoms with Crippen LogP contribution in [-0.2, 0) is 19.1 Å². The van der Waals surface area contributed by atoms with Crippen LogP contribution in [0.3, 0.4) is 0 Å². The highest BCUT2D eigenvalue weighted by molar-refractivity contribution is 8.00. The smallest absolute Gasteiger partial charge is 0.410 e. The first-order chi connectivity index (χ1) is 21.4. The molecule has 0 radical (unpaired) electrons. The molecule has 6 rings (SSSR count). The molecule has 0 unspecified atom stereocenters. The first kappa shape index (κ1) is 33.8. The van der Waals surface area contributed by atoms with Crippen molar-refractivity contribution in [3.05, 3.63) is 22.9 Å². The van der Waals surface area contributed by atoms with Gasteiger partial charge in [0.2, 0.25) is 11.8 Å². The lowest BCUT2D eigenvalue weighted by atomic mass is 9.91. The first-order valence-corrected chi connectivity index (χ1v) is 18.0. The third-order valence-corrected chi connectivity index (χ3v) is 11.2. The molecule has 3 saturated heterocycles. The molecule has 5 fully saturated rings. The molecular formula is C33H51N5O6S. The zero-order chi connectivity index (χ0) is 32.3. The molecule has 2 saturated carbocycles. The van der Waals surface area contributed by atoms with Gasteiger partial charge in [-0.25, -0.2) is 4.79 Å². The third-order valence-electron chi connectivity index (χ3n) is 9.84. The molecule has 4 N–H and O–H groups in total. The van der Waals surface area contributed by atoms with Crippen molar-refractivity contribution in [2.45, 2.75) is 133 Å². The van der Waals surface area contributed by atoms with Crippen LogP contribution in [0.15, 0.2) is 22.9 Å². The van der Waals surface area contributed by atoms with Gasteiger partial charge in [0.15, 0.2) is 0 Å². The maximum Gasteiger partial charge on any atom is 0.410 e. The number of β-lactam (4-membered cyclic amide) rings is 1. The highest BCUT2D eigenvalue weighted by Gasteiger charge is 2.50. The molecule has 2 aliphatic carbocycles. The average molecular weight is 646 g/mol. The van der Waals surface area contributed by atoms with Crippen molar-refractivity contribution in [1.82, 2.24) is 14.7 Å². The van der Waals surface area contributed by atoms with Gasteiger partial charge >= 0.3 is 6.09 Å². The fraction of sp³-hybridized carbons (Fsp3) is 0.758. The molecule has 0 aromatic rings. The van der Waals surface area contributed by atoms with Crippen molar-refractivity contribution in [1.29, 1.82) is 0 Å². The van der Waals surface area contributed by atoms with Gasteiger partial charge < -0.3 is 35.5 Å². The van der Waals surface area contributed by atoms with Crippen LogP contribution in [0, 0.1) is 0 Å². The number of carboxylic acid groups (broad SMARTS) is 1. The summed E-state index contributed by atoms with van der Waals surface area (Å²) in [5, 5.41) is 14.1. The van der Waals surface area contributed by atoms with E-state index in [1.165, 1.54) is 76.0 Å². The van der Waals surface area contributed by atoms with Gasteiger partial charge in [0.1, 0.15) is 17.0 Å². The van der Waals surface area contributed by atoms with Gasteiger partial charge in [0.05, 0.1) is 29.8 Å². The number of thioether (sulfide) groups is 1. The number of ether oxygens (including phenoxy) is 1. The molecule has 3 atom stereocenters. The Morgan fingerprint density at radius 3 is 2.18 bits per heavy atom. The fourth-order valence-electron chi connectivity index (χ4n) is 7.49. The third kappa shape index (κ3) is 8.05. The van der Waals surface area contributed by atoms with Gasteiger partial charge in [-0.3, -0.25) is 14.5 Å². The SMILES string of the molecule is C1CCC([NH2+]C2CCCCC2)CC1.CC(C)(C)OC(=O)N1CC[C@@H](N2CC/C(=C\C3=C(C(=O)[O-])N4C(=O)[C@@H](N)[C@H]4SC3)C2=O)C1. The van der Waals surface area contributed by atoms with Crippen LogP contribution in [0.25, 0.3) is 0 Å². The molecule has 3 amide bonds. The van der Waals surface area contributed by atoms with Crippen molar-refractivity contribution < 1.29 is 34.3 Å². The first-order valence-electron chi connectivity index (χ1n) is 16.9. The predicted molar refractivity (Wildman–Crippen MR) is 169 cm³/mol. The van der Waals surface area contributed by atoms with Crippen molar-refractivity contribution in [3.63, 3.8) is 0 Å². The number of allylic oxidation sites excluding steroid dienone is 1. The molecule has 6 aliphatic rings. The van der Waals surface area contributed by atoms with E-state index in [0.717, 1.165) is 17.0 Å². The summed E-state index contributed by atoms with van der Waals surface area (Å²) in [6, 6.07) is 1.16. The number of likely N-dealkylation sites (tertiary alicyclic amines) is 2. The van der Waals surface area contributed by atoms with Gasteiger partial charge in [-0.15, -0.1) is 11.8 Å².